The molecule has 118 heavy (non-hydrogen) atoms. The molecule has 1 unspecified atom stereocenters. The molecule has 10 aromatic rings. The van der Waals surface area contributed by atoms with Gasteiger partial charge in [-0.1, -0.05) is 168 Å². The summed E-state index contributed by atoms with van der Waals surface area (Å²) in [6, 6.07) is 38.8. The second kappa shape index (κ2) is 54.1. The molecule has 13 heteroatoms. The first kappa shape index (κ1) is 102. The normalized spacial score (nSPS) is 11.4. The van der Waals surface area contributed by atoms with Gasteiger partial charge in [0.15, 0.2) is 0 Å². The summed E-state index contributed by atoms with van der Waals surface area (Å²) in [4.78, 5) is 41.3. The van der Waals surface area contributed by atoms with Gasteiger partial charge in [0.05, 0.1) is 52.9 Å². The fraction of sp³-hybridized carbons (Fsp3) is 0.410. The van der Waals surface area contributed by atoms with Crippen LogP contribution in [0.5, 0.6) is 5.88 Å². The Balaban J connectivity index is 0.000000445. The van der Waals surface area contributed by atoms with E-state index in [4.69, 9.17) is 47.4 Å². The van der Waals surface area contributed by atoms with Gasteiger partial charge in [0.25, 0.3) is 0 Å². The highest BCUT2D eigenvalue weighted by Gasteiger charge is 2.44. The van der Waals surface area contributed by atoms with Crippen molar-refractivity contribution < 1.29 is 4.74 Å². The molecule has 618 valence electrons. The fourth-order valence-electron chi connectivity index (χ4n) is 10.6. The van der Waals surface area contributed by atoms with Gasteiger partial charge in [-0.05, 0) is 258 Å². The number of methoxy groups -OCH3 is 1. The average Bonchev–Trinajstić information content (AvgIpc) is 1.62. The smallest absolute Gasteiger partial charge is 0.213 e. The van der Waals surface area contributed by atoms with Gasteiger partial charge < -0.3 is 4.74 Å². The highest BCUT2D eigenvalue weighted by Crippen LogP contribution is 2.47. The molecule has 13 nitrogen and oxygen atoms in total. The number of rotatable bonds is 16. The quantitative estimate of drug-likeness (QED) is 0.0833. The number of ether oxygens (including phenoxy) is 1. The molecule has 1 saturated carbocycles. The van der Waals surface area contributed by atoms with Crippen LogP contribution < -0.4 is 4.74 Å². The first-order valence-corrected chi connectivity index (χ1v) is 41.0. The summed E-state index contributed by atoms with van der Waals surface area (Å²) in [5, 5.41) is 17.1. The maximum Gasteiger partial charge on any atom is 0.213 e. The summed E-state index contributed by atoms with van der Waals surface area (Å²) in [7, 11) is 1.63. The molecule has 0 aromatic carbocycles. The SMILES string of the molecule is C#CC(C)(C)c1cncc(C(C)C)c1.C#CC(C)c1cc(C(C)C)ccn1.C#CC1(c2cc(C(C)C)ccn2)CC1.C#CCc1cc(C(C)C)ccn1.C#CCc1cncc(C(C)C)c1.CC(C)c1ccnc(C#N)c1.CC(C)c1cncc(C#N)c1.COc1cc(C(C)C)ccn1.Cc1cc(C(C)C)ccn1.Cc1cc(C(C)C)ccn1. The summed E-state index contributed by atoms with van der Waals surface area (Å²) in [5.41, 5.74) is 21.1. The van der Waals surface area contributed by atoms with Crippen LogP contribution >= 0.6 is 0 Å². The zero-order valence-electron chi connectivity index (χ0n) is 75.7. The Hall–Kier alpha value is -11.9. The summed E-state index contributed by atoms with van der Waals surface area (Å²) < 4.78 is 4.99. The summed E-state index contributed by atoms with van der Waals surface area (Å²) in [6.07, 6.45) is 53.8. The van der Waals surface area contributed by atoms with Crippen molar-refractivity contribution in [3.05, 3.63) is 290 Å². The Bertz CT molecular complexity index is 4690. The van der Waals surface area contributed by atoms with Crippen molar-refractivity contribution in [2.45, 2.75) is 275 Å². The van der Waals surface area contributed by atoms with Gasteiger partial charge in [0, 0.05) is 104 Å². The minimum Gasteiger partial charge on any atom is -0.481 e. The number of aryl methyl sites for hydroxylation is 2. The molecule has 1 atom stereocenters. The zero-order valence-corrected chi connectivity index (χ0v) is 75.7. The predicted molar refractivity (Wildman–Crippen MR) is 493 cm³/mol. The molecule has 1 fully saturated rings. The second-order valence-electron chi connectivity index (χ2n) is 32.7. The lowest BCUT2D eigenvalue weighted by atomic mass is 9.85. The van der Waals surface area contributed by atoms with E-state index in [0.717, 1.165) is 63.6 Å². The first-order chi connectivity index (χ1) is 55.9. The Labute approximate surface area is 712 Å². The van der Waals surface area contributed by atoms with E-state index in [2.05, 4.69) is 285 Å². The molecule has 0 spiro atoms. The van der Waals surface area contributed by atoms with Crippen LogP contribution in [0.1, 0.15) is 344 Å². The number of hydrogen-bond donors (Lipinski definition) is 0. The zero-order chi connectivity index (χ0) is 88.7. The van der Waals surface area contributed by atoms with Crippen LogP contribution in [0.3, 0.4) is 0 Å². The van der Waals surface area contributed by atoms with Crippen LogP contribution in [0.4, 0.5) is 0 Å². The molecule has 0 saturated heterocycles. The highest BCUT2D eigenvalue weighted by molar-refractivity contribution is 5.39. The lowest BCUT2D eigenvalue weighted by Crippen LogP contribution is -2.14. The number of terminal acetylenes is 5. The molecule has 0 radical (unpaired) electrons. The van der Waals surface area contributed by atoms with Gasteiger partial charge in [-0.25, -0.2) is 9.97 Å². The fourth-order valence-corrected chi connectivity index (χ4v) is 10.6. The molecule has 0 N–H and O–H groups in total. The van der Waals surface area contributed by atoms with E-state index in [9.17, 15) is 0 Å². The number of pyridine rings is 10. The van der Waals surface area contributed by atoms with Crippen molar-refractivity contribution in [2.24, 2.45) is 0 Å². The first-order valence-electron chi connectivity index (χ1n) is 41.0. The van der Waals surface area contributed by atoms with Gasteiger partial charge in [-0.3, -0.25) is 39.9 Å². The summed E-state index contributed by atoms with van der Waals surface area (Å²) in [6.45, 7) is 53.2. The molecule has 11 rings (SSSR count). The number of nitriles is 2. The average molecular weight is 1580 g/mol. The molecule has 1 aliphatic carbocycles. The topological polar surface area (TPSA) is 186 Å². The van der Waals surface area contributed by atoms with Crippen LogP contribution in [0.15, 0.2) is 184 Å². The summed E-state index contributed by atoms with van der Waals surface area (Å²) in [5.74, 6) is 19.6. The Kier molecular flexibility index (Phi) is 46.8. The minimum atomic E-state index is -0.224. The van der Waals surface area contributed by atoms with E-state index in [0.29, 0.717) is 89.2 Å². The van der Waals surface area contributed by atoms with Crippen LogP contribution in [-0.2, 0) is 23.7 Å². The van der Waals surface area contributed by atoms with Gasteiger partial charge in [-0.2, -0.15) is 10.5 Å². The predicted octanol–water partition coefficient (Wildman–Crippen LogP) is 25.1. The van der Waals surface area contributed by atoms with E-state index in [1.54, 1.807) is 31.9 Å². The van der Waals surface area contributed by atoms with E-state index in [-0.39, 0.29) is 16.7 Å². The van der Waals surface area contributed by atoms with E-state index >= 15 is 0 Å². The molecule has 0 aliphatic heterocycles. The van der Waals surface area contributed by atoms with Gasteiger partial charge >= 0.3 is 0 Å². The van der Waals surface area contributed by atoms with Crippen LogP contribution in [0, 0.1) is 98.2 Å². The van der Waals surface area contributed by atoms with Gasteiger partial charge in [-0.15, -0.1) is 44.0 Å². The third-order valence-corrected chi connectivity index (χ3v) is 19.2. The minimum absolute atomic E-state index is 0.0229. The lowest BCUT2D eigenvalue weighted by Gasteiger charge is -2.18. The molecule has 0 amide bonds. The van der Waals surface area contributed by atoms with Crippen LogP contribution in [-0.4, -0.2) is 56.9 Å². The Morgan fingerprint density at radius 2 is 0.797 bits per heavy atom. The van der Waals surface area contributed by atoms with Gasteiger partial charge in [0.1, 0.15) is 17.8 Å². The second-order valence-corrected chi connectivity index (χ2v) is 32.7. The highest BCUT2D eigenvalue weighted by atomic mass is 16.5. The number of aromatic nitrogens is 10. The summed E-state index contributed by atoms with van der Waals surface area (Å²) >= 11 is 0. The van der Waals surface area contributed by atoms with Crippen molar-refractivity contribution >= 4 is 0 Å². The molecule has 0 bridgehead atoms. The van der Waals surface area contributed by atoms with E-state index in [1.807, 2.05) is 139 Å². The molecular formula is C105H132N12O. The lowest BCUT2D eigenvalue weighted by molar-refractivity contribution is 0.397. The standard InChI is InChI=1S/C13H15N.C13H17N.C12H15N.2C11H13N.2C9H10N2.C9H13NO.2C9H13N/c1-4-13(6-7-13)12-9-11(10(2)3)5-8-14-12;1-6-13(4,5)12-7-11(10(2)3)8-14-9-12;1-5-10(4)12-8-11(9(2)3)6-7-13-12;1-4-5-10-6-11(9(2)3)8-12-7-10;1-4-5-11-8-10(9(2)3)6-7-12-11;1-7(2)9-3-8(4-10)5-11-6-9;1-7(2)8-3-4-11-9(5-8)6-10;1-7(2)8-4-5-10-9(6-8)11-3;2*1-7(2)9-4-5-10-8(3)6-9/h1,5,8-10H,6-7H2,2-3H3;1,7-10H,2-5H3;1,6-10H,2-4H3;2*1,6-9H,5H2,2-3H3;3,5-7H,1-2H3;3-5,7H,1-2H3;4-7H,1-3H3;2*4-7H,1-3H3. The number of nitrogens with zero attached hydrogens (tertiary/aromatic N) is 12. The van der Waals surface area contributed by atoms with Crippen LogP contribution in [0.2, 0.25) is 0 Å². The monoisotopic (exact) mass is 1580 g/mol. The van der Waals surface area contributed by atoms with Crippen molar-refractivity contribution in [3.8, 4) is 79.7 Å². The Morgan fingerprint density at radius 3 is 1.22 bits per heavy atom. The molecule has 10 heterocycles. The van der Waals surface area contributed by atoms with E-state index in [1.165, 1.54) is 44.5 Å². The maximum absolute atomic E-state index is 8.55. The van der Waals surface area contributed by atoms with Gasteiger partial charge in [0.2, 0.25) is 5.88 Å². The van der Waals surface area contributed by atoms with Crippen molar-refractivity contribution in [2.75, 3.05) is 7.11 Å². The third-order valence-electron chi connectivity index (χ3n) is 19.2. The Morgan fingerprint density at radius 1 is 0.398 bits per heavy atom. The van der Waals surface area contributed by atoms with Crippen molar-refractivity contribution in [1.82, 2.24) is 49.8 Å². The maximum atomic E-state index is 8.55. The van der Waals surface area contributed by atoms with Crippen molar-refractivity contribution in [3.63, 3.8) is 0 Å². The number of hydrogen-bond acceptors (Lipinski definition) is 13. The van der Waals surface area contributed by atoms with Crippen LogP contribution in [0.25, 0.3) is 0 Å². The molecule has 10 aromatic heterocycles. The van der Waals surface area contributed by atoms with Crippen molar-refractivity contribution in [1.29, 1.82) is 10.5 Å². The third kappa shape index (κ3) is 38.7. The molecular weight excluding hydrogens is 1450 g/mol. The van der Waals surface area contributed by atoms with E-state index < -0.39 is 0 Å². The molecule has 1 aliphatic rings. The largest absolute Gasteiger partial charge is 0.481 e.